The van der Waals surface area contributed by atoms with E-state index in [4.69, 9.17) is 0 Å². The van der Waals surface area contributed by atoms with Crippen molar-refractivity contribution < 1.29 is 0 Å². The Bertz CT molecular complexity index is 190. The highest BCUT2D eigenvalue weighted by Crippen LogP contribution is 2.31. The van der Waals surface area contributed by atoms with E-state index in [1.54, 1.807) is 12.8 Å². The topological polar surface area (TPSA) is 0 Å². The zero-order valence-corrected chi connectivity index (χ0v) is 15.8. The molecule has 1 rings (SSSR count). The van der Waals surface area contributed by atoms with E-state index in [9.17, 15) is 0 Å². The Kier molecular flexibility index (Phi) is 14.2. The largest absolute Gasteiger partial charge is 0.119 e. The highest BCUT2D eigenvalue weighted by Gasteiger charge is 2.09. The van der Waals surface area contributed by atoms with Crippen LogP contribution in [0.15, 0.2) is 0 Å². The van der Waals surface area contributed by atoms with E-state index < -0.39 is 0 Å². The smallest absolute Gasteiger partial charge is 0.0237 e. The van der Waals surface area contributed by atoms with Crippen molar-refractivity contribution in [2.24, 2.45) is 0 Å². The Balaban J connectivity index is 2.05. The quantitative estimate of drug-likeness (QED) is 0.318. The Labute approximate surface area is 137 Å². The third kappa shape index (κ3) is 12.6. The van der Waals surface area contributed by atoms with Crippen molar-refractivity contribution >= 4 is 8.58 Å². The van der Waals surface area contributed by atoms with Crippen LogP contribution >= 0.6 is 8.58 Å². The van der Waals surface area contributed by atoms with Gasteiger partial charge in [-0.05, 0) is 31.1 Å². The summed E-state index contributed by atoms with van der Waals surface area (Å²) >= 11 is 0. The number of hydrogen-bond donors (Lipinski definition) is 0. The van der Waals surface area contributed by atoms with Crippen molar-refractivity contribution in [2.75, 3.05) is 6.16 Å². The number of unbranched alkanes of at least 4 members (excludes halogenated alkanes) is 5. The van der Waals surface area contributed by atoms with E-state index in [-0.39, 0.29) is 0 Å². The molecule has 0 aromatic heterocycles. The van der Waals surface area contributed by atoms with Crippen LogP contribution in [0.4, 0.5) is 0 Å². The van der Waals surface area contributed by atoms with Crippen molar-refractivity contribution in [3.05, 3.63) is 0 Å². The third-order valence-corrected chi connectivity index (χ3v) is 6.87. The highest BCUT2D eigenvalue weighted by molar-refractivity contribution is 7.38. The minimum atomic E-state index is 1.10. The molecule has 1 heteroatoms. The van der Waals surface area contributed by atoms with Crippen molar-refractivity contribution in [3.63, 3.8) is 0 Å². The number of hydrogen-bond acceptors (Lipinski definition) is 0. The van der Waals surface area contributed by atoms with Gasteiger partial charge in [-0.1, -0.05) is 96.8 Å². The van der Waals surface area contributed by atoms with Crippen molar-refractivity contribution in [3.8, 4) is 0 Å². The van der Waals surface area contributed by atoms with Crippen LogP contribution in [-0.2, 0) is 0 Å². The second kappa shape index (κ2) is 15.3. The average molecular weight is 313 g/mol. The van der Waals surface area contributed by atoms with Gasteiger partial charge in [0.1, 0.15) is 0 Å². The van der Waals surface area contributed by atoms with E-state index in [1.165, 1.54) is 111 Å². The first-order valence-corrected chi connectivity index (χ1v) is 11.5. The first kappa shape index (κ1) is 19.5. The molecule has 1 aliphatic carbocycles. The van der Waals surface area contributed by atoms with E-state index >= 15 is 0 Å². The minimum Gasteiger partial charge on any atom is -0.119 e. The lowest BCUT2D eigenvalue weighted by atomic mass is 10.0. The SMILES string of the molecule is CCCCCCCCPC1CCCCCCCCCCC1. The molecule has 0 nitrogen and oxygen atoms in total. The van der Waals surface area contributed by atoms with Crippen LogP contribution in [0.3, 0.4) is 0 Å². The molecule has 0 aromatic rings. The predicted octanol–water partition coefficient (Wildman–Crippen LogP) is 7.70. The Hall–Kier alpha value is 0.430. The van der Waals surface area contributed by atoms with Gasteiger partial charge in [-0.15, -0.1) is 8.58 Å². The molecule has 0 saturated heterocycles. The molecule has 1 atom stereocenters. The van der Waals surface area contributed by atoms with E-state index in [0.29, 0.717) is 0 Å². The summed E-state index contributed by atoms with van der Waals surface area (Å²) in [6, 6.07) is 0. The predicted molar refractivity (Wildman–Crippen MR) is 101 cm³/mol. The molecule has 0 radical (unpaired) electrons. The average Bonchev–Trinajstić information content (AvgIpc) is 2.48. The van der Waals surface area contributed by atoms with Crippen LogP contribution in [0.2, 0.25) is 0 Å². The first-order chi connectivity index (χ1) is 10.4. The van der Waals surface area contributed by atoms with Gasteiger partial charge in [0.15, 0.2) is 0 Å². The summed E-state index contributed by atoms with van der Waals surface area (Å²) in [4.78, 5) is 0. The first-order valence-electron chi connectivity index (χ1n) is 10.2. The van der Waals surface area contributed by atoms with E-state index in [0.717, 1.165) is 5.66 Å². The van der Waals surface area contributed by atoms with Crippen LogP contribution in [-0.4, -0.2) is 11.8 Å². The van der Waals surface area contributed by atoms with Crippen LogP contribution in [0.5, 0.6) is 0 Å². The Morgan fingerprint density at radius 1 is 0.619 bits per heavy atom. The van der Waals surface area contributed by atoms with Crippen LogP contribution in [0.1, 0.15) is 116 Å². The van der Waals surface area contributed by atoms with Gasteiger partial charge in [-0.25, -0.2) is 0 Å². The highest BCUT2D eigenvalue weighted by atomic mass is 31.1. The van der Waals surface area contributed by atoms with Gasteiger partial charge in [0.05, 0.1) is 0 Å². The monoisotopic (exact) mass is 312 g/mol. The summed E-state index contributed by atoms with van der Waals surface area (Å²) in [6.07, 6.45) is 27.0. The van der Waals surface area contributed by atoms with Gasteiger partial charge in [-0.2, -0.15) is 0 Å². The van der Waals surface area contributed by atoms with Gasteiger partial charge in [-0.3, -0.25) is 0 Å². The summed E-state index contributed by atoms with van der Waals surface area (Å²) < 4.78 is 0. The molecule has 1 saturated carbocycles. The van der Waals surface area contributed by atoms with Gasteiger partial charge in [0.25, 0.3) is 0 Å². The Morgan fingerprint density at radius 2 is 1.10 bits per heavy atom. The van der Waals surface area contributed by atoms with Gasteiger partial charge >= 0.3 is 0 Å². The molecule has 0 aliphatic heterocycles. The third-order valence-electron chi connectivity index (χ3n) is 5.07. The second-order valence-corrected chi connectivity index (χ2v) is 8.90. The molecular formula is C20H41P. The van der Waals surface area contributed by atoms with Crippen LogP contribution < -0.4 is 0 Å². The summed E-state index contributed by atoms with van der Waals surface area (Å²) in [5.41, 5.74) is 1.10. The summed E-state index contributed by atoms with van der Waals surface area (Å²) in [7, 11) is 1.28. The number of rotatable bonds is 8. The standard InChI is InChI=1S/C20H41P/c1-2-3-4-5-13-16-19-21-20-17-14-11-9-7-6-8-10-12-15-18-20/h20-21H,2-19H2,1H3. The lowest BCUT2D eigenvalue weighted by Crippen LogP contribution is -2.03. The lowest BCUT2D eigenvalue weighted by Gasteiger charge is -2.18. The van der Waals surface area contributed by atoms with E-state index in [1.807, 2.05) is 0 Å². The van der Waals surface area contributed by atoms with E-state index in [2.05, 4.69) is 6.92 Å². The molecule has 0 amide bonds. The van der Waals surface area contributed by atoms with Gasteiger partial charge in [0, 0.05) is 0 Å². The zero-order valence-electron chi connectivity index (χ0n) is 14.8. The maximum absolute atomic E-state index is 2.31. The summed E-state index contributed by atoms with van der Waals surface area (Å²) in [5.74, 6) is 0. The van der Waals surface area contributed by atoms with Crippen LogP contribution in [0, 0.1) is 0 Å². The molecule has 21 heavy (non-hydrogen) atoms. The fraction of sp³-hybridized carbons (Fsp3) is 1.00. The lowest BCUT2D eigenvalue weighted by molar-refractivity contribution is 0.508. The molecule has 0 heterocycles. The second-order valence-electron chi connectivity index (χ2n) is 7.18. The maximum atomic E-state index is 2.31. The molecule has 1 fully saturated rings. The van der Waals surface area contributed by atoms with Crippen molar-refractivity contribution in [1.29, 1.82) is 0 Å². The Morgan fingerprint density at radius 3 is 1.67 bits per heavy atom. The van der Waals surface area contributed by atoms with Gasteiger partial charge < -0.3 is 0 Å². The minimum absolute atomic E-state index is 1.10. The normalized spacial score (nSPS) is 20.4. The van der Waals surface area contributed by atoms with Crippen molar-refractivity contribution in [1.82, 2.24) is 0 Å². The molecule has 0 bridgehead atoms. The molecular weight excluding hydrogens is 271 g/mol. The van der Waals surface area contributed by atoms with Crippen LogP contribution in [0.25, 0.3) is 0 Å². The molecule has 0 aromatic carbocycles. The zero-order chi connectivity index (χ0) is 15.0. The molecule has 0 spiro atoms. The molecule has 126 valence electrons. The van der Waals surface area contributed by atoms with Gasteiger partial charge in [0.2, 0.25) is 0 Å². The maximum Gasteiger partial charge on any atom is -0.0237 e. The molecule has 0 N–H and O–H groups in total. The fourth-order valence-corrected chi connectivity index (χ4v) is 5.26. The molecule has 1 aliphatic rings. The summed E-state index contributed by atoms with van der Waals surface area (Å²) in [5, 5.41) is 0. The fourth-order valence-electron chi connectivity index (χ4n) is 3.58. The summed E-state index contributed by atoms with van der Waals surface area (Å²) in [6.45, 7) is 2.31. The molecule has 1 unspecified atom stereocenters. The van der Waals surface area contributed by atoms with Crippen molar-refractivity contribution in [2.45, 2.75) is 122 Å².